The first-order valence-corrected chi connectivity index (χ1v) is 11.4. The number of hydrogen-bond donors (Lipinski definition) is 1. The van der Waals surface area contributed by atoms with E-state index >= 15 is 0 Å². The largest absolute Gasteiger partial charge is 0.379 e. The topological polar surface area (TPSA) is 70.6 Å². The van der Waals surface area contributed by atoms with Crippen molar-refractivity contribution in [3.63, 3.8) is 0 Å². The van der Waals surface area contributed by atoms with Crippen LogP contribution in [0.25, 0.3) is 0 Å². The molecule has 1 aliphatic heterocycles. The fourth-order valence-corrected chi connectivity index (χ4v) is 4.05. The Morgan fingerprint density at radius 1 is 1.23 bits per heavy atom. The number of ether oxygens (including phenoxy) is 1. The minimum Gasteiger partial charge on any atom is -0.379 e. The third-order valence-corrected chi connectivity index (χ3v) is 5.86. The molecule has 0 unspecified atom stereocenters. The fourth-order valence-electron chi connectivity index (χ4n) is 3.01. The van der Waals surface area contributed by atoms with Crippen molar-refractivity contribution < 1.29 is 9.53 Å². The number of morpholine rings is 1. The van der Waals surface area contributed by atoms with E-state index in [9.17, 15) is 4.79 Å². The number of carbonyl (C=O) groups excluding carboxylic acids is 1. The maximum atomic E-state index is 12.3. The van der Waals surface area contributed by atoms with E-state index < -0.39 is 0 Å². The number of halogens is 1. The van der Waals surface area contributed by atoms with Crippen molar-refractivity contribution in [1.82, 2.24) is 20.2 Å². The summed E-state index contributed by atoms with van der Waals surface area (Å²) in [5.74, 6) is 1.44. The monoisotopic (exact) mass is 449 g/mol. The fraction of sp³-hybridized carbons (Fsp3) is 0.476. The van der Waals surface area contributed by atoms with E-state index in [1.54, 1.807) is 6.07 Å². The summed E-state index contributed by atoms with van der Waals surface area (Å²) in [5.41, 5.74) is 1.77. The van der Waals surface area contributed by atoms with E-state index in [4.69, 9.17) is 16.3 Å². The zero-order valence-electron chi connectivity index (χ0n) is 17.4. The van der Waals surface area contributed by atoms with Gasteiger partial charge in [-0.1, -0.05) is 35.5 Å². The lowest BCUT2D eigenvalue weighted by molar-refractivity contribution is 0.0374. The van der Waals surface area contributed by atoms with Gasteiger partial charge in [0.05, 0.1) is 13.2 Å². The third kappa shape index (κ3) is 7.12. The highest BCUT2D eigenvalue weighted by Crippen LogP contribution is 2.24. The molecule has 7 nitrogen and oxygen atoms in total. The highest BCUT2D eigenvalue weighted by molar-refractivity contribution is 7.98. The molecular formula is C21H28ClN5O2S. The number of hydrogen-bond acceptors (Lipinski definition) is 7. The minimum atomic E-state index is -0.0371. The van der Waals surface area contributed by atoms with Crippen molar-refractivity contribution in [2.45, 2.75) is 17.3 Å². The smallest absolute Gasteiger partial charge is 0.251 e. The second kappa shape index (κ2) is 11.5. The highest BCUT2D eigenvalue weighted by Gasteiger charge is 2.11. The number of amides is 1. The molecule has 9 heteroatoms. The quantitative estimate of drug-likeness (QED) is 0.273. The summed E-state index contributed by atoms with van der Waals surface area (Å²) in [6, 6.07) is 9.38. The summed E-state index contributed by atoms with van der Waals surface area (Å²) in [7, 11) is 3.83. The summed E-state index contributed by atoms with van der Waals surface area (Å²) >= 11 is 7.60. The van der Waals surface area contributed by atoms with Gasteiger partial charge in [0.1, 0.15) is 11.0 Å². The molecule has 1 fully saturated rings. The Kier molecular flexibility index (Phi) is 8.74. The van der Waals surface area contributed by atoms with Crippen molar-refractivity contribution in [2.75, 3.05) is 58.4 Å². The van der Waals surface area contributed by atoms with Gasteiger partial charge in [0.2, 0.25) is 0 Å². The number of thioether (sulfide) groups is 1. The molecule has 1 saturated heterocycles. The average molecular weight is 450 g/mol. The lowest BCUT2D eigenvalue weighted by Gasteiger charge is -2.26. The Labute approximate surface area is 187 Å². The van der Waals surface area contributed by atoms with Gasteiger partial charge < -0.3 is 15.0 Å². The van der Waals surface area contributed by atoms with E-state index in [2.05, 4.69) is 20.2 Å². The minimum absolute atomic E-state index is 0.0371. The molecule has 1 N–H and O–H groups in total. The van der Waals surface area contributed by atoms with Gasteiger partial charge in [0.25, 0.3) is 5.91 Å². The van der Waals surface area contributed by atoms with E-state index in [-0.39, 0.29) is 5.91 Å². The van der Waals surface area contributed by atoms with Gasteiger partial charge >= 0.3 is 0 Å². The van der Waals surface area contributed by atoms with Crippen molar-refractivity contribution in [3.8, 4) is 0 Å². The van der Waals surface area contributed by atoms with E-state index in [0.29, 0.717) is 28.2 Å². The summed E-state index contributed by atoms with van der Waals surface area (Å²) in [4.78, 5) is 25.4. The average Bonchev–Trinajstić information content (AvgIpc) is 2.76. The number of nitrogens with zero attached hydrogens (tertiary/aromatic N) is 4. The van der Waals surface area contributed by atoms with E-state index in [1.165, 1.54) is 11.8 Å². The number of aromatic nitrogens is 2. The zero-order valence-corrected chi connectivity index (χ0v) is 19.0. The SMILES string of the molecule is CN(C)c1cc(Cl)nc(SCc2ccc(C(=O)NCCCN3CCOCC3)cc2)n1. The van der Waals surface area contributed by atoms with Gasteiger partial charge in [0.15, 0.2) is 5.16 Å². The first kappa shape index (κ1) is 22.8. The zero-order chi connectivity index (χ0) is 21.3. The van der Waals surface area contributed by atoms with Crippen LogP contribution >= 0.6 is 23.4 Å². The Hall–Kier alpha value is -1.87. The molecule has 0 saturated carbocycles. The standard InChI is InChI=1S/C21H28ClN5O2S/c1-26(2)19-14-18(22)24-21(25-19)30-15-16-4-6-17(7-5-16)20(28)23-8-3-9-27-10-12-29-13-11-27/h4-7,14H,3,8-13,15H2,1-2H3,(H,23,28). The maximum Gasteiger partial charge on any atom is 0.251 e. The molecule has 0 aliphatic carbocycles. The van der Waals surface area contributed by atoms with Gasteiger partial charge in [-0.05, 0) is 30.7 Å². The highest BCUT2D eigenvalue weighted by atomic mass is 35.5. The van der Waals surface area contributed by atoms with Crippen molar-refractivity contribution in [1.29, 1.82) is 0 Å². The number of nitrogens with one attached hydrogen (secondary N) is 1. The Bertz CT molecular complexity index is 829. The van der Waals surface area contributed by atoms with Gasteiger partial charge in [-0.3, -0.25) is 9.69 Å². The summed E-state index contributed by atoms with van der Waals surface area (Å²) in [5, 5.41) is 4.06. The van der Waals surface area contributed by atoms with Crippen LogP contribution in [0.3, 0.4) is 0 Å². The predicted molar refractivity (Wildman–Crippen MR) is 122 cm³/mol. The third-order valence-electron chi connectivity index (χ3n) is 4.74. The molecule has 0 atom stereocenters. The van der Waals surface area contributed by atoms with Crippen LogP contribution in [-0.2, 0) is 10.5 Å². The van der Waals surface area contributed by atoms with Crippen LogP contribution in [0.1, 0.15) is 22.3 Å². The van der Waals surface area contributed by atoms with Gasteiger partial charge in [-0.25, -0.2) is 9.97 Å². The van der Waals surface area contributed by atoms with Gasteiger partial charge in [-0.15, -0.1) is 0 Å². The van der Waals surface area contributed by atoms with Crippen molar-refractivity contribution in [2.24, 2.45) is 0 Å². The predicted octanol–water partition coefficient (Wildman–Crippen LogP) is 2.94. The van der Waals surface area contributed by atoms with Crippen LogP contribution in [0.2, 0.25) is 5.15 Å². The van der Waals surface area contributed by atoms with Gasteiger partial charge in [0, 0.05) is 51.1 Å². The maximum absolute atomic E-state index is 12.3. The molecule has 2 aromatic rings. The Morgan fingerprint density at radius 2 is 1.97 bits per heavy atom. The number of rotatable bonds is 9. The molecule has 1 amide bonds. The number of benzene rings is 1. The molecule has 0 radical (unpaired) electrons. The van der Waals surface area contributed by atoms with Crippen LogP contribution < -0.4 is 10.2 Å². The number of carbonyl (C=O) groups is 1. The molecule has 1 aromatic carbocycles. The van der Waals surface area contributed by atoms with E-state index in [1.807, 2.05) is 43.3 Å². The number of anilines is 1. The first-order chi connectivity index (χ1) is 14.5. The Balaban J connectivity index is 1.43. The van der Waals surface area contributed by atoms with Crippen LogP contribution in [0.15, 0.2) is 35.5 Å². The second-order valence-electron chi connectivity index (χ2n) is 7.27. The normalized spacial score (nSPS) is 14.5. The lowest BCUT2D eigenvalue weighted by atomic mass is 10.1. The molecule has 3 rings (SSSR count). The first-order valence-electron chi connectivity index (χ1n) is 10.0. The van der Waals surface area contributed by atoms with Crippen molar-refractivity contribution in [3.05, 3.63) is 46.6 Å². The molecular weight excluding hydrogens is 422 g/mol. The van der Waals surface area contributed by atoms with Crippen LogP contribution in [0.4, 0.5) is 5.82 Å². The Morgan fingerprint density at radius 3 is 2.67 bits per heavy atom. The molecule has 2 heterocycles. The molecule has 0 spiro atoms. The van der Waals surface area contributed by atoms with Gasteiger partial charge in [-0.2, -0.15) is 0 Å². The molecule has 1 aromatic heterocycles. The van der Waals surface area contributed by atoms with E-state index in [0.717, 1.165) is 50.7 Å². The lowest BCUT2D eigenvalue weighted by Crippen LogP contribution is -2.38. The summed E-state index contributed by atoms with van der Waals surface area (Å²) < 4.78 is 5.35. The molecule has 30 heavy (non-hydrogen) atoms. The van der Waals surface area contributed by atoms with Crippen molar-refractivity contribution >= 4 is 35.1 Å². The molecule has 162 valence electrons. The summed E-state index contributed by atoms with van der Waals surface area (Å²) in [6.45, 7) is 5.22. The summed E-state index contributed by atoms with van der Waals surface area (Å²) in [6.07, 6.45) is 0.940. The van der Waals surface area contributed by atoms with Crippen LogP contribution in [-0.4, -0.2) is 74.3 Å². The van der Waals surface area contributed by atoms with Crippen LogP contribution in [0.5, 0.6) is 0 Å². The molecule has 1 aliphatic rings. The van der Waals surface area contributed by atoms with Crippen LogP contribution in [0, 0.1) is 0 Å². The second-order valence-corrected chi connectivity index (χ2v) is 8.60. The molecule has 0 bridgehead atoms.